The number of carbonyl (C=O) groups is 2. The van der Waals surface area contributed by atoms with Crippen LogP contribution < -0.4 is 20.1 Å². The third-order valence-electron chi connectivity index (χ3n) is 5.05. The molecule has 0 aromatic heterocycles. The van der Waals surface area contributed by atoms with Gasteiger partial charge in [0.25, 0.3) is 5.91 Å². The Kier molecular flexibility index (Phi) is 8.59. The Morgan fingerprint density at radius 1 is 0.943 bits per heavy atom. The standard InChI is InChI=1S/C26H28FN3O4S/c1-4-34-23-15-14-21(16-22(23)29-24(31)18-8-6-5-7-9-18)35(33)30-20-12-10-19(11-13-20)28-25(32)26(2,3)17-27/h5-16,30H,4,17H2,1-3H3,(H,28,32)(H,29,31). The van der Waals surface area contributed by atoms with Crippen molar-refractivity contribution in [3.05, 3.63) is 78.4 Å². The Morgan fingerprint density at radius 3 is 2.23 bits per heavy atom. The molecule has 0 aliphatic carbocycles. The average Bonchev–Trinajstić information content (AvgIpc) is 2.86. The molecule has 0 saturated carbocycles. The van der Waals surface area contributed by atoms with Crippen LogP contribution in [0.4, 0.5) is 21.5 Å². The van der Waals surface area contributed by atoms with Gasteiger partial charge in [0, 0.05) is 16.9 Å². The van der Waals surface area contributed by atoms with Crippen molar-refractivity contribution >= 4 is 39.9 Å². The third kappa shape index (κ3) is 6.89. The van der Waals surface area contributed by atoms with E-state index in [2.05, 4.69) is 15.4 Å². The van der Waals surface area contributed by atoms with E-state index >= 15 is 0 Å². The zero-order valence-corrected chi connectivity index (χ0v) is 20.6. The monoisotopic (exact) mass is 497 g/mol. The van der Waals surface area contributed by atoms with Gasteiger partial charge in [0.2, 0.25) is 5.91 Å². The van der Waals surface area contributed by atoms with Crippen molar-refractivity contribution in [1.82, 2.24) is 0 Å². The Balaban J connectivity index is 1.72. The molecule has 3 aromatic rings. The molecule has 3 N–H and O–H groups in total. The van der Waals surface area contributed by atoms with E-state index in [0.29, 0.717) is 39.9 Å². The molecular formula is C26H28FN3O4S. The average molecular weight is 498 g/mol. The molecule has 3 rings (SSSR count). The highest BCUT2D eigenvalue weighted by molar-refractivity contribution is 7.86. The van der Waals surface area contributed by atoms with Crippen molar-refractivity contribution < 1.29 is 22.9 Å². The molecule has 0 saturated heterocycles. The fourth-order valence-electron chi connectivity index (χ4n) is 2.94. The predicted octanol–water partition coefficient (Wildman–Crippen LogP) is 5.41. The van der Waals surface area contributed by atoms with Crippen molar-refractivity contribution in [2.24, 2.45) is 5.41 Å². The van der Waals surface area contributed by atoms with Crippen LogP contribution in [-0.2, 0) is 15.8 Å². The first kappa shape index (κ1) is 25.9. The van der Waals surface area contributed by atoms with Crippen molar-refractivity contribution in [2.75, 3.05) is 28.6 Å². The molecule has 35 heavy (non-hydrogen) atoms. The van der Waals surface area contributed by atoms with E-state index in [1.54, 1.807) is 66.7 Å². The van der Waals surface area contributed by atoms with Gasteiger partial charge in [0.1, 0.15) is 23.4 Å². The summed E-state index contributed by atoms with van der Waals surface area (Å²) in [6.45, 7) is 4.51. The quantitative estimate of drug-likeness (QED) is 0.349. The van der Waals surface area contributed by atoms with Crippen LogP contribution in [-0.4, -0.2) is 29.3 Å². The van der Waals surface area contributed by atoms with Crippen LogP contribution in [0.2, 0.25) is 0 Å². The molecule has 3 aromatic carbocycles. The van der Waals surface area contributed by atoms with Crippen molar-refractivity contribution in [3.63, 3.8) is 0 Å². The predicted molar refractivity (Wildman–Crippen MR) is 137 cm³/mol. The highest BCUT2D eigenvalue weighted by Crippen LogP contribution is 2.29. The van der Waals surface area contributed by atoms with E-state index in [0.717, 1.165) is 0 Å². The molecule has 7 nitrogen and oxygen atoms in total. The highest BCUT2D eigenvalue weighted by Gasteiger charge is 2.27. The first-order valence-corrected chi connectivity index (χ1v) is 12.2. The van der Waals surface area contributed by atoms with E-state index < -0.39 is 29.0 Å². The second-order valence-corrected chi connectivity index (χ2v) is 9.54. The van der Waals surface area contributed by atoms with E-state index in [-0.39, 0.29) is 5.91 Å². The lowest BCUT2D eigenvalue weighted by Crippen LogP contribution is -2.32. The first-order valence-electron chi connectivity index (χ1n) is 11.0. The van der Waals surface area contributed by atoms with E-state index in [1.807, 2.05) is 13.0 Å². The molecule has 1 unspecified atom stereocenters. The summed E-state index contributed by atoms with van der Waals surface area (Å²) in [5.41, 5.74) is 0.818. The van der Waals surface area contributed by atoms with E-state index in [4.69, 9.17) is 4.74 Å². The van der Waals surface area contributed by atoms with E-state index in [9.17, 15) is 18.2 Å². The van der Waals surface area contributed by atoms with Gasteiger partial charge in [-0.25, -0.2) is 8.60 Å². The molecular weight excluding hydrogens is 469 g/mol. The topological polar surface area (TPSA) is 96.5 Å². The molecule has 0 bridgehead atoms. The minimum absolute atomic E-state index is 0.309. The van der Waals surface area contributed by atoms with Crippen LogP contribution >= 0.6 is 0 Å². The van der Waals surface area contributed by atoms with Crippen molar-refractivity contribution in [2.45, 2.75) is 25.7 Å². The Morgan fingerprint density at radius 2 is 1.60 bits per heavy atom. The Labute approximate surface area is 206 Å². The molecule has 0 fully saturated rings. The summed E-state index contributed by atoms with van der Waals surface area (Å²) in [5, 5.41) is 5.49. The summed E-state index contributed by atoms with van der Waals surface area (Å²) in [4.78, 5) is 25.2. The maximum Gasteiger partial charge on any atom is 0.255 e. The normalized spacial score (nSPS) is 11.9. The Hall–Kier alpha value is -3.72. The van der Waals surface area contributed by atoms with Crippen LogP contribution in [0.1, 0.15) is 31.1 Å². The highest BCUT2D eigenvalue weighted by atomic mass is 32.2. The van der Waals surface area contributed by atoms with Gasteiger partial charge < -0.3 is 20.1 Å². The fraction of sp³-hybridized carbons (Fsp3) is 0.231. The van der Waals surface area contributed by atoms with Crippen LogP contribution in [0.5, 0.6) is 5.75 Å². The second kappa shape index (κ2) is 11.6. The number of hydrogen-bond acceptors (Lipinski definition) is 4. The van der Waals surface area contributed by atoms with Gasteiger partial charge >= 0.3 is 0 Å². The molecule has 184 valence electrons. The maximum absolute atomic E-state index is 13.0. The zero-order valence-electron chi connectivity index (χ0n) is 19.8. The van der Waals surface area contributed by atoms with Gasteiger partial charge in [-0.2, -0.15) is 0 Å². The second-order valence-electron chi connectivity index (χ2n) is 8.33. The van der Waals surface area contributed by atoms with Gasteiger partial charge in [-0.3, -0.25) is 9.59 Å². The largest absolute Gasteiger partial charge is 0.492 e. The number of halogens is 1. The zero-order chi connectivity index (χ0) is 25.4. The summed E-state index contributed by atoms with van der Waals surface area (Å²) in [5.74, 6) is -0.270. The number of alkyl halides is 1. The van der Waals surface area contributed by atoms with Crippen LogP contribution in [0.3, 0.4) is 0 Å². The summed E-state index contributed by atoms with van der Waals surface area (Å²) in [6.07, 6.45) is 0. The SMILES string of the molecule is CCOc1ccc(S(=O)Nc2ccc(NC(=O)C(C)(C)CF)cc2)cc1NC(=O)c1ccccc1. The number of rotatable bonds is 10. The van der Waals surface area contributed by atoms with Crippen LogP contribution in [0.25, 0.3) is 0 Å². The lowest BCUT2D eigenvalue weighted by atomic mass is 9.94. The maximum atomic E-state index is 13.0. The van der Waals surface area contributed by atoms with Gasteiger partial charge in [-0.15, -0.1) is 0 Å². The first-order chi connectivity index (χ1) is 16.7. The van der Waals surface area contributed by atoms with Crippen molar-refractivity contribution in [3.8, 4) is 5.75 Å². The lowest BCUT2D eigenvalue weighted by Gasteiger charge is -2.19. The van der Waals surface area contributed by atoms with Crippen molar-refractivity contribution in [1.29, 1.82) is 0 Å². The number of hydrogen-bond donors (Lipinski definition) is 3. The van der Waals surface area contributed by atoms with Crippen LogP contribution in [0.15, 0.2) is 77.7 Å². The number of anilines is 3. The lowest BCUT2D eigenvalue weighted by molar-refractivity contribution is -0.124. The summed E-state index contributed by atoms with van der Waals surface area (Å²) < 4.78 is 34.5. The summed E-state index contributed by atoms with van der Waals surface area (Å²) in [7, 11) is -1.64. The molecule has 0 heterocycles. The smallest absolute Gasteiger partial charge is 0.255 e. The number of benzene rings is 3. The minimum atomic E-state index is -1.64. The molecule has 0 aliphatic rings. The van der Waals surface area contributed by atoms with Gasteiger partial charge in [-0.05, 0) is 75.4 Å². The third-order valence-corrected chi connectivity index (χ3v) is 6.15. The molecule has 1 atom stereocenters. The van der Waals surface area contributed by atoms with Gasteiger partial charge in [0.15, 0.2) is 0 Å². The number of amides is 2. The number of carbonyl (C=O) groups excluding carboxylic acids is 2. The molecule has 2 amide bonds. The fourth-order valence-corrected chi connectivity index (χ4v) is 3.82. The van der Waals surface area contributed by atoms with Crippen LogP contribution in [0, 0.1) is 5.41 Å². The number of ether oxygens (including phenoxy) is 1. The molecule has 0 aliphatic heterocycles. The summed E-state index contributed by atoms with van der Waals surface area (Å²) >= 11 is 0. The molecule has 0 spiro atoms. The molecule has 9 heteroatoms. The van der Waals surface area contributed by atoms with Gasteiger partial charge in [-0.1, -0.05) is 18.2 Å². The Bertz CT molecular complexity index is 1200. The summed E-state index contributed by atoms with van der Waals surface area (Å²) in [6, 6.07) is 20.2. The van der Waals surface area contributed by atoms with E-state index in [1.165, 1.54) is 13.8 Å². The van der Waals surface area contributed by atoms with Gasteiger partial charge in [0.05, 0.1) is 22.6 Å². The number of nitrogens with one attached hydrogen (secondary N) is 3. The minimum Gasteiger partial charge on any atom is -0.492 e. The molecule has 0 radical (unpaired) electrons.